The minimum atomic E-state index is -0.471. The Balaban J connectivity index is 0.00000576. The summed E-state index contributed by atoms with van der Waals surface area (Å²) in [5.41, 5.74) is 0. The number of rotatable bonds is 17. The molecule has 1 rings (SSSR count). The first kappa shape index (κ1) is 24.9. The highest BCUT2D eigenvalue weighted by atomic mass is 16.6. The molecule has 2 atom stereocenters. The summed E-state index contributed by atoms with van der Waals surface area (Å²) >= 11 is 0. The molecular formula is C23H48O2. The van der Waals surface area contributed by atoms with E-state index in [9.17, 15) is 5.11 Å². The van der Waals surface area contributed by atoms with Crippen LogP contribution >= 0.6 is 0 Å². The van der Waals surface area contributed by atoms with Gasteiger partial charge in [0, 0.05) is 5.92 Å². The van der Waals surface area contributed by atoms with Crippen molar-refractivity contribution in [1.82, 2.24) is 0 Å². The normalized spacial score (nSPS) is 19.9. The molecule has 0 bridgehead atoms. The van der Waals surface area contributed by atoms with Gasteiger partial charge in [-0.25, -0.2) is 0 Å². The Bertz CT molecular complexity index is 254. The summed E-state index contributed by atoms with van der Waals surface area (Å²) in [6.07, 6.45) is 24.4. The lowest BCUT2D eigenvalue weighted by Crippen LogP contribution is -2.14. The number of ether oxygens (including phenoxy) is 1. The van der Waals surface area contributed by atoms with Gasteiger partial charge in [0.25, 0.3) is 0 Å². The molecule has 0 spiro atoms. The maximum Gasteiger partial charge on any atom is 0.157 e. The maximum atomic E-state index is 9.59. The van der Waals surface area contributed by atoms with Gasteiger partial charge in [-0.1, -0.05) is 117 Å². The van der Waals surface area contributed by atoms with Crippen molar-refractivity contribution in [3.05, 3.63) is 0 Å². The predicted octanol–water partition coefficient (Wildman–Crippen LogP) is 7.63. The van der Waals surface area contributed by atoms with Crippen LogP contribution in [0.15, 0.2) is 0 Å². The molecule has 2 nitrogen and oxygen atoms in total. The van der Waals surface area contributed by atoms with Crippen LogP contribution < -0.4 is 0 Å². The van der Waals surface area contributed by atoms with E-state index in [-0.39, 0.29) is 7.43 Å². The largest absolute Gasteiger partial charge is 0.368 e. The summed E-state index contributed by atoms with van der Waals surface area (Å²) in [5.74, 6) is 0.414. The van der Waals surface area contributed by atoms with Crippen LogP contribution in [0.5, 0.6) is 0 Å². The Morgan fingerprint density at radius 2 is 1.08 bits per heavy atom. The summed E-state index contributed by atoms with van der Waals surface area (Å²) in [4.78, 5) is 0. The third kappa shape index (κ3) is 14.7. The fourth-order valence-corrected chi connectivity index (χ4v) is 3.86. The first-order valence-corrected chi connectivity index (χ1v) is 11.1. The van der Waals surface area contributed by atoms with Crippen molar-refractivity contribution >= 4 is 0 Å². The zero-order valence-corrected chi connectivity index (χ0v) is 16.4. The van der Waals surface area contributed by atoms with Gasteiger partial charge in [-0.2, -0.15) is 0 Å². The standard InChI is InChI=1S/C22H44O2.CH4/c1-2-3-4-5-6-7-8-9-10-11-12-13-14-15-16-17-18-21-19-20-24-22(21)23;/h21-23H,2-20H2,1H3;1H4. The zero-order valence-electron chi connectivity index (χ0n) is 16.4. The van der Waals surface area contributed by atoms with E-state index in [4.69, 9.17) is 4.74 Å². The third-order valence-corrected chi connectivity index (χ3v) is 5.61. The fraction of sp³-hybridized carbons (Fsp3) is 1.00. The summed E-state index contributed by atoms with van der Waals surface area (Å²) in [6.45, 7) is 3.04. The Morgan fingerprint density at radius 1 is 0.680 bits per heavy atom. The number of hydrogen-bond donors (Lipinski definition) is 1. The molecule has 1 aliphatic rings. The van der Waals surface area contributed by atoms with E-state index < -0.39 is 6.29 Å². The molecule has 0 aromatic heterocycles. The van der Waals surface area contributed by atoms with E-state index in [0.29, 0.717) is 5.92 Å². The van der Waals surface area contributed by atoms with Crippen LogP contribution in [-0.4, -0.2) is 18.0 Å². The number of aliphatic hydroxyl groups excluding tert-OH is 1. The van der Waals surface area contributed by atoms with Crippen molar-refractivity contribution in [2.75, 3.05) is 6.61 Å². The Kier molecular flexibility index (Phi) is 18.6. The van der Waals surface area contributed by atoms with Gasteiger partial charge in [0.1, 0.15) is 0 Å². The summed E-state index contributed by atoms with van der Waals surface area (Å²) < 4.78 is 5.20. The van der Waals surface area contributed by atoms with Crippen molar-refractivity contribution in [2.24, 2.45) is 5.92 Å². The molecule has 1 saturated heterocycles. The lowest BCUT2D eigenvalue weighted by Gasteiger charge is -2.12. The van der Waals surface area contributed by atoms with E-state index in [0.717, 1.165) is 19.4 Å². The van der Waals surface area contributed by atoms with Crippen LogP contribution in [0.4, 0.5) is 0 Å². The lowest BCUT2D eigenvalue weighted by atomic mass is 9.98. The van der Waals surface area contributed by atoms with E-state index in [1.165, 1.54) is 103 Å². The average Bonchev–Trinajstić information content (AvgIpc) is 2.99. The van der Waals surface area contributed by atoms with Gasteiger partial charge >= 0.3 is 0 Å². The lowest BCUT2D eigenvalue weighted by molar-refractivity contribution is -0.0836. The van der Waals surface area contributed by atoms with Crippen LogP contribution in [0.1, 0.15) is 130 Å². The van der Waals surface area contributed by atoms with E-state index >= 15 is 0 Å². The molecule has 0 saturated carbocycles. The molecule has 2 unspecified atom stereocenters. The molecule has 1 N–H and O–H groups in total. The van der Waals surface area contributed by atoms with E-state index in [1.807, 2.05) is 0 Å². The summed E-state index contributed by atoms with van der Waals surface area (Å²) in [7, 11) is 0. The highest BCUT2D eigenvalue weighted by Crippen LogP contribution is 2.24. The van der Waals surface area contributed by atoms with E-state index in [1.54, 1.807) is 0 Å². The van der Waals surface area contributed by atoms with Gasteiger partial charge in [0.15, 0.2) is 6.29 Å². The molecule has 0 aliphatic carbocycles. The second kappa shape index (κ2) is 18.7. The second-order valence-corrected chi connectivity index (χ2v) is 7.90. The predicted molar refractivity (Wildman–Crippen MR) is 111 cm³/mol. The minimum Gasteiger partial charge on any atom is -0.368 e. The van der Waals surface area contributed by atoms with Crippen LogP contribution in [-0.2, 0) is 4.74 Å². The number of hydrogen-bond acceptors (Lipinski definition) is 2. The molecule has 0 radical (unpaired) electrons. The molecule has 25 heavy (non-hydrogen) atoms. The van der Waals surface area contributed by atoms with Crippen molar-refractivity contribution < 1.29 is 9.84 Å². The van der Waals surface area contributed by atoms with E-state index in [2.05, 4.69) is 6.92 Å². The van der Waals surface area contributed by atoms with Gasteiger partial charge in [-0.3, -0.25) is 0 Å². The second-order valence-electron chi connectivity index (χ2n) is 7.90. The number of unbranched alkanes of at least 4 members (excludes halogenated alkanes) is 15. The highest BCUT2D eigenvalue weighted by molar-refractivity contribution is 4.68. The number of aliphatic hydroxyl groups is 1. The monoisotopic (exact) mass is 356 g/mol. The van der Waals surface area contributed by atoms with Crippen LogP contribution in [0.25, 0.3) is 0 Å². The van der Waals surface area contributed by atoms with Crippen molar-refractivity contribution in [1.29, 1.82) is 0 Å². The van der Waals surface area contributed by atoms with Crippen LogP contribution in [0.3, 0.4) is 0 Å². The van der Waals surface area contributed by atoms with Gasteiger partial charge in [-0.05, 0) is 12.8 Å². The topological polar surface area (TPSA) is 29.5 Å². The first-order valence-electron chi connectivity index (χ1n) is 11.1. The van der Waals surface area contributed by atoms with Gasteiger partial charge in [-0.15, -0.1) is 0 Å². The molecule has 152 valence electrons. The van der Waals surface area contributed by atoms with Crippen LogP contribution in [0.2, 0.25) is 0 Å². The molecule has 0 aromatic carbocycles. The average molecular weight is 357 g/mol. The Hall–Kier alpha value is -0.0800. The smallest absolute Gasteiger partial charge is 0.157 e. The van der Waals surface area contributed by atoms with Gasteiger partial charge in [0.05, 0.1) is 6.61 Å². The third-order valence-electron chi connectivity index (χ3n) is 5.61. The molecule has 0 aromatic rings. The maximum absolute atomic E-state index is 9.59. The molecule has 1 fully saturated rings. The van der Waals surface area contributed by atoms with Gasteiger partial charge in [0.2, 0.25) is 0 Å². The molecule has 2 heteroatoms. The van der Waals surface area contributed by atoms with Crippen LogP contribution in [0, 0.1) is 5.92 Å². The minimum absolute atomic E-state index is 0. The van der Waals surface area contributed by atoms with Gasteiger partial charge < -0.3 is 9.84 Å². The molecule has 0 amide bonds. The van der Waals surface area contributed by atoms with Crippen molar-refractivity contribution in [3.8, 4) is 0 Å². The summed E-state index contributed by atoms with van der Waals surface area (Å²) in [6, 6.07) is 0. The molecular weight excluding hydrogens is 308 g/mol. The Morgan fingerprint density at radius 3 is 1.44 bits per heavy atom. The molecule has 1 aliphatic heterocycles. The van der Waals surface area contributed by atoms with Crippen molar-refractivity contribution in [3.63, 3.8) is 0 Å². The quantitative estimate of drug-likeness (QED) is 0.271. The highest BCUT2D eigenvalue weighted by Gasteiger charge is 2.24. The summed E-state index contributed by atoms with van der Waals surface area (Å²) in [5, 5.41) is 9.59. The fourth-order valence-electron chi connectivity index (χ4n) is 3.86. The Labute approximate surface area is 159 Å². The van der Waals surface area contributed by atoms with Crippen molar-refractivity contribution in [2.45, 2.75) is 136 Å². The zero-order chi connectivity index (χ0) is 17.3. The first-order chi connectivity index (χ1) is 11.8. The SMILES string of the molecule is C.CCCCCCCCCCCCCCCCCCC1CCOC1O. The molecule has 1 heterocycles.